The summed E-state index contributed by atoms with van der Waals surface area (Å²) in [6.07, 6.45) is 6.16. The van der Waals surface area contributed by atoms with Crippen LogP contribution in [0, 0.1) is 5.92 Å². The zero-order valence-corrected chi connectivity index (χ0v) is 39.2. The topological polar surface area (TPSA) is 162 Å². The van der Waals surface area contributed by atoms with Gasteiger partial charge >= 0.3 is 0 Å². The highest BCUT2D eigenvalue weighted by Gasteiger charge is 2.45. The number of hydrogen-bond acceptors (Lipinski definition) is 9. The Bertz CT molecular complexity index is 2590. The van der Waals surface area contributed by atoms with E-state index < -0.39 is 47.9 Å². The molecule has 5 aromatic rings. The number of aryl methyl sites for hydroxylation is 1. The van der Waals surface area contributed by atoms with E-state index in [1.807, 2.05) is 75.9 Å². The van der Waals surface area contributed by atoms with Crippen molar-refractivity contribution in [1.82, 2.24) is 39.9 Å². The van der Waals surface area contributed by atoms with E-state index in [2.05, 4.69) is 30.1 Å². The molecule has 14 nitrogen and oxygen atoms in total. The lowest BCUT2D eigenvalue weighted by atomic mass is 9.80. The zero-order chi connectivity index (χ0) is 46.7. The van der Waals surface area contributed by atoms with E-state index in [-0.39, 0.29) is 31.3 Å². The molecule has 16 heteroatoms. The Morgan fingerprint density at radius 1 is 0.939 bits per heavy atom. The van der Waals surface area contributed by atoms with Gasteiger partial charge in [-0.25, -0.2) is 4.98 Å². The van der Waals surface area contributed by atoms with Crippen molar-refractivity contribution in [3.8, 4) is 22.8 Å². The van der Waals surface area contributed by atoms with Crippen molar-refractivity contribution in [3.63, 3.8) is 0 Å². The maximum atomic E-state index is 15.2. The Balaban J connectivity index is 1.13. The molecule has 2 fully saturated rings. The van der Waals surface area contributed by atoms with Gasteiger partial charge in [-0.2, -0.15) is 0 Å². The molecule has 2 aromatic heterocycles. The van der Waals surface area contributed by atoms with Crippen LogP contribution in [-0.4, -0.2) is 109 Å². The number of carbonyl (C=O) groups excluding carboxylic acids is 4. The molecule has 0 saturated carbocycles. The first-order valence-corrected chi connectivity index (χ1v) is 23.2. The third-order valence-electron chi connectivity index (χ3n) is 13.2. The molecule has 346 valence electrons. The Morgan fingerprint density at radius 2 is 1.70 bits per heavy atom. The number of rotatable bonds is 11. The summed E-state index contributed by atoms with van der Waals surface area (Å²) in [5, 5.41) is 17.5. The summed E-state index contributed by atoms with van der Waals surface area (Å²) in [5.41, 5.74) is 4.23. The molecule has 0 spiro atoms. The lowest BCUT2D eigenvalue weighted by Crippen LogP contribution is -2.65. The van der Waals surface area contributed by atoms with Crippen molar-refractivity contribution < 1.29 is 29.0 Å². The van der Waals surface area contributed by atoms with E-state index >= 15 is 9.59 Å². The summed E-state index contributed by atoms with van der Waals surface area (Å²) in [6.45, 7) is 2.07. The summed E-state index contributed by atoms with van der Waals surface area (Å²) in [7, 11) is 5.98. The van der Waals surface area contributed by atoms with Crippen LogP contribution in [0.2, 0.25) is 10.0 Å². The van der Waals surface area contributed by atoms with E-state index in [0.717, 1.165) is 33.9 Å². The highest BCUT2D eigenvalue weighted by molar-refractivity contribution is 6.31. The number of benzene rings is 3. The van der Waals surface area contributed by atoms with Crippen molar-refractivity contribution in [3.05, 3.63) is 130 Å². The van der Waals surface area contributed by atoms with Gasteiger partial charge in [0.2, 0.25) is 23.6 Å². The molecule has 4 heterocycles. The average Bonchev–Trinajstić information content (AvgIpc) is 3.89. The third-order valence-corrected chi connectivity index (χ3v) is 13.7. The molecule has 0 radical (unpaired) electrons. The molecule has 66 heavy (non-hydrogen) atoms. The minimum Gasteiger partial charge on any atom is -0.457 e. The molecule has 3 aliphatic rings. The number of aliphatic hydroxyl groups excluding tert-OH is 1. The highest BCUT2D eigenvalue weighted by Crippen LogP contribution is 2.42. The van der Waals surface area contributed by atoms with Gasteiger partial charge < -0.3 is 39.7 Å². The molecule has 2 bridgehead atoms. The maximum Gasteiger partial charge on any atom is 0.245 e. The SMILES string of the molecule is C[C@H]1C(=O)N[C@@H](CO)C(=O)N[C@@]2(Cc3ccc(Cl)cc3)CCCN(C2)C(=O)[C@H]([C@H]2CCc3ncccc32)CC(=O)N1Cc1ccc(Cl)cc1Oc1ccc(-c2cnc(CN(C)C)n2C)cc1. The van der Waals surface area contributed by atoms with Crippen LogP contribution in [-0.2, 0) is 52.2 Å². The molecule has 2 aliphatic heterocycles. The fourth-order valence-corrected chi connectivity index (χ4v) is 10.0. The van der Waals surface area contributed by atoms with E-state index in [9.17, 15) is 14.7 Å². The van der Waals surface area contributed by atoms with Gasteiger partial charge in [0.05, 0.1) is 43.0 Å². The minimum absolute atomic E-state index is 0.102. The van der Waals surface area contributed by atoms with Crippen LogP contribution in [0.5, 0.6) is 11.5 Å². The monoisotopic (exact) mass is 934 g/mol. The average molecular weight is 936 g/mol. The largest absolute Gasteiger partial charge is 0.457 e. The zero-order valence-electron chi connectivity index (χ0n) is 37.7. The van der Waals surface area contributed by atoms with Crippen molar-refractivity contribution in [1.29, 1.82) is 0 Å². The fourth-order valence-electron chi connectivity index (χ4n) is 9.73. The number of aromatic nitrogens is 3. The Labute approximate surface area is 395 Å². The molecule has 0 unspecified atom stereocenters. The quantitative estimate of drug-likeness (QED) is 0.138. The van der Waals surface area contributed by atoms with Crippen LogP contribution in [0.15, 0.2) is 91.3 Å². The number of imidazole rings is 1. The second-order valence-electron chi connectivity index (χ2n) is 18.1. The normalized spacial score (nSPS) is 22.8. The number of piperidine rings is 1. The van der Waals surface area contributed by atoms with Crippen LogP contribution in [0.1, 0.15) is 66.7 Å². The van der Waals surface area contributed by atoms with Crippen LogP contribution in [0.3, 0.4) is 0 Å². The fraction of sp³-hybridized carbons (Fsp3) is 0.400. The smallest absolute Gasteiger partial charge is 0.245 e. The van der Waals surface area contributed by atoms with Gasteiger partial charge in [0, 0.05) is 59.6 Å². The first kappa shape index (κ1) is 46.7. The molecule has 2 saturated heterocycles. The number of fused-ring (bicyclic) bond motifs is 3. The summed E-state index contributed by atoms with van der Waals surface area (Å²) in [5.74, 6) is -1.19. The van der Waals surface area contributed by atoms with Gasteiger partial charge in [0.1, 0.15) is 29.4 Å². The number of aliphatic hydroxyl groups is 1. The number of nitrogens with one attached hydrogen (secondary N) is 2. The first-order chi connectivity index (χ1) is 31.7. The number of carbonyl (C=O) groups is 4. The predicted octanol–water partition coefficient (Wildman–Crippen LogP) is 6.31. The van der Waals surface area contributed by atoms with Gasteiger partial charge in [-0.05, 0) is 125 Å². The lowest BCUT2D eigenvalue weighted by molar-refractivity contribution is -0.148. The minimum atomic E-state index is -1.34. The first-order valence-electron chi connectivity index (χ1n) is 22.4. The third kappa shape index (κ3) is 10.3. The number of pyridine rings is 1. The number of hydrogen-bond donors (Lipinski definition) is 3. The molecule has 8 rings (SSSR count). The van der Waals surface area contributed by atoms with Crippen molar-refractivity contribution in [2.24, 2.45) is 13.0 Å². The molecule has 3 N–H and O–H groups in total. The summed E-state index contributed by atoms with van der Waals surface area (Å²) < 4.78 is 8.53. The molecule has 1 aliphatic carbocycles. The van der Waals surface area contributed by atoms with Gasteiger partial charge in [0.15, 0.2) is 0 Å². The standard InChI is InChI=1S/C50H56Cl2N8O6/c1-31-47(63)55-42(29-61)48(64)56-50(25-32-8-13-35(51)14-9-32)20-6-22-59(30-50)49(65)40(38-18-19-41-39(38)7-5-21-53-41)24-46(62)60(31)27-34-10-15-36(52)23-44(34)66-37-16-11-33(12-17-37)43-26-54-45(58(43)4)28-57(2)3/h5,7-17,21,23,26,31,38,40,42,61H,6,18-20,22,24-25,27-30H2,1-4H3,(H,55,63)(H,56,64)/t31-,38-,40-,42-,50+/m0/s1. The number of nitrogens with zero attached hydrogens (tertiary/aromatic N) is 6. The van der Waals surface area contributed by atoms with E-state index in [4.69, 9.17) is 27.9 Å². The summed E-state index contributed by atoms with van der Waals surface area (Å²) in [6, 6.07) is 21.3. The predicted molar refractivity (Wildman–Crippen MR) is 252 cm³/mol. The van der Waals surface area contributed by atoms with Crippen LogP contribution in [0.25, 0.3) is 11.3 Å². The molecule has 5 atom stereocenters. The van der Waals surface area contributed by atoms with Crippen molar-refractivity contribution >= 4 is 46.8 Å². The Kier molecular flexibility index (Phi) is 14.1. The molecule has 4 amide bonds. The van der Waals surface area contributed by atoms with Gasteiger partial charge in [-0.15, -0.1) is 0 Å². The second kappa shape index (κ2) is 20.0. The summed E-state index contributed by atoms with van der Waals surface area (Å²) >= 11 is 12.8. The van der Waals surface area contributed by atoms with E-state index in [1.165, 1.54) is 4.90 Å². The van der Waals surface area contributed by atoms with Crippen LogP contribution < -0.4 is 15.4 Å². The second-order valence-corrected chi connectivity index (χ2v) is 19.0. The number of ether oxygens (including phenoxy) is 1. The number of halogens is 2. The lowest BCUT2D eigenvalue weighted by Gasteiger charge is -2.46. The molecule has 3 aromatic carbocycles. The van der Waals surface area contributed by atoms with Crippen molar-refractivity contribution in [2.75, 3.05) is 33.8 Å². The Hall–Kier alpha value is -5.80. The van der Waals surface area contributed by atoms with Gasteiger partial charge in [0.25, 0.3) is 0 Å². The maximum absolute atomic E-state index is 15.2. The summed E-state index contributed by atoms with van der Waals surface area (Å²) in [4.78, 5) is 73.4. The van der Waals surface area contributed by atoms with E-state index in [0.29, 0.717) is 72.3 Å². The van der Waals surface area contributed by atoms with Crippen molar-refractivity contribution in [2.45, 2.75) is 82.1 Å². The van der Waals surface area contributed by atoms with Crippen LogP contribution in [0.4, 0.5) is 0 Å². The number of amides is 4. The highest BCUT2D eigenvalue weighted by atomic mass is 35.5. The molecular weight excluding hydrogens is 880 g/mol. The van der Waals surface area contributed by atoms with Crippen LogP contribution >= 0.6 is 23.2 Å². The van der Waals surface area contributed by atoms with E-state index in [1.54, 1.807) is 48.4 Å². The Morgan fingerprint density at radius 3 is 2.44 bits per heavy atom. The molecular formula is C50H56Cl2N8O6. The van der Waals surface area contributed by atoms with Gasteiger partial charge in [-0.3, -0.25) is 24.2 Å². The van der Waals surface area contributed by atoms with Gasteiger partial charge in [-0.1, -0.05) is 47.5 Å².